The SMILES string of the molecule is COc1ccc(OC)c(NC(=O)c2nc(-c3ccc(C)cc3)n(-c3cccc(Cl)c3C)n2)c1. The first kappa shape index (κ1) is 22.4. The smallest absolute Gasteiger partial charge is 0.295 e. The minimum Gasteiger partial charge on any atom is -0.497 e. The van der Waals surface area contributed by atoms with Crippen molar-refractivity contribution in [3.63, 3.8) is 0 Å². The quantitative estimate of drug-likeness (QED) is 0.411. The van der Waals surface area contributed by atoms with Gasteiger partial charge < -0.3 is 14.8 Å². The second kappa shape index (κ2) is 9.34. The maximum atomic E-state index is 13.1. The van der Waals surface area contributed by atoms with Gasteiger partial charge in [0.2, 0.25) is 5.82 Å². The Morgan fingerprint density at radius 2 is 1.76 bits per heavy atom. The summed E-state index contributed by atoms with van der Waals surface area (Å²) in [5, 5.41) is 7.96. The molecule has 0 unspecified atom stereocenters. The molecule has 0 atom stereocenters. The zero-order valence-electron chi connectivity index (χ0n) is 18.7. The summed E-state index contributed by atoms with van der Waals surface area (Å²) in [6, 6.07) is 18.5. The monoisotopic (exact) mass is 462 g/mol. The number of rotatable bonds is 6. The molecule has 0 radical (unpaired) electrons. The highest BCUT2D eigenvalue weighted by Crippen LogP contribution is 2.30. The average molecular weight is 463 g/mol. The van der Waals surface area contributed by atoms with Gasteiger partial charge in [-0.2, -0.15) is 0 Å². The maximum Gasteiger partial charge on any atom is 0.295 e. The number of aryl methyl sites for hydroxylation is 1. The predicted molar refractivity (Wildman–Crippen MR) is 129 cm³/mol. The van der Waals surface area contributed by atoms with Crippen LogP contribution in [0.2, 0.25) is 5.02 Å². The molecule has 0 bridgehead atoms. The fraction of sp³-hybridized carbons (Fsp3) is 0.160. The van der Waals surface area contributed by atoms with Crippen molar-refractivity contribution in [1.29, 1.82) is 0 Å². The molecular weight excluding hydrogens is 440 g/mol. The molecule has 4 aromatic rings. The van der Waals surface area contributed by atoms with E-state index < -0.39 is 5.91 Å². The summed E-state index contributed by atoms with van der Waals surface area (Å²) in [5.41, 5.74) is 3.97. The van der Waals surface area contributed by atoms with Crippen LogP contribution in [0.15, 0.2) is 60.7 Å². The highest BCUT2D eigenvalue weighted by atomic mass is 35.5. The van der Waals surface area contributed by atoms with Crippen LogP contribution in [0.1, 0.15) is 21.7 Å². The van der Waals surface area contributed by atoms with E-state index in [1.165, 1.54) is 7.11 Å². The molecule has 0 saturated carbocycles. The third-order valence-electron chi connectivity index (χ3n) is 5.24. The molecule has 1 amide bonds. The van der Waals surface area contributed by atoms with Gasteiger partial charge in [-0.1, -0.05) is 47.5 Å². The first-order valence-corrected chi connectivity index (χ1v) is 10.6. The topological polar surface area (TPSA) is 78.3 Å². The number of nitrogens with one attached hydrogen (secondary N) is 1. The lowest BCUT2D eigenvalue weighted by Crippen LogP contribution is -2.15. The second-order valence-corrected chi connectivity index (χ2v) is 7.85. The Hall–Kier alpha value is -3.84. The normalized spacial score (nSPS) is 10.7. The molecule has 3 aromatic carbocycles. The van der Waals surface area contributed by atoms with Gasteiger partial charge in [0.1, 0.15) is 11.5 Å². The number of anilines is 1. The van der Waals surface area contributed by atoms with Crippen LogP contribution in [0.4, 0.5) is 5.69 Å². The van der Waals surface area contributed by atoms with Crippen LogP contribution in [0.3, 0.4) is 0 Å². The summed E-state index contributed by atoms with van der Waals surface area (Å²) in [6.07, 6.45) is 0. The van der Waals surface area contributed by atoms with E-state index in [1.54, 1.807) is 30.0 Å². The van der Waals surface area contributed by atoms with Crippen LogP contribution in [-0.4, -0.2) is 34.9 Å². The molecule has 0 aliphatic rings. The third kappa shape index (κ3) is 4.54. The first-order chi connectivity index (χ1) is 15.9. The minimum absolute atomic E-state index is 0.00910. The average Bonchev–Trinajstić information content (AvgIpc) is 3.26. The van der Waals surface area contributed by atoms with Gasteiger partial charge in [0.05, 0.1) is 25.6 Å². The molecule has 7 nitrogen and oxygen atoms in total. The summed E-state index contributed by atoms with van der Waals surface area (Å²) in [4.78, 5) is 17.7. The summed E-state index contributed by atoms with van der Waals surface area (Å²) in [6.45, 7) is 3.91. The van der Waals surface area contributed by atoms with Crippen molar-refractivity contribution in [2.75, 3.05) is 19.5 Å². The fourth-order valence-electron chi connectivity index (χ4n) is 3.38. The van der Waals surface area contributed by atoms with E-state index in [9.17, 15) is 4.79 Å². The number of hydrogen-bond donors (Lipinski definition) is 1. The number of carbonyl (C=O) groups excluding carboxylic acids is 1. The van der Waals surface area contributed by atoms with E-state index in [0.29, 0.717) is 28.0 Å². The number of nitrogens with zero attached hydrogens (tertiary/aromatic N) is 3. The van der Waals surface area contributed by atoms with Crippen molar-refractivity contribution in [2.45, 2.75) is 13.8 Å². The number of benzene rings is 3. The summed E-state index contributed by atoms with van der Waals surface area (Å²) in [7, 11) is 3.08. The molecular formula is C25H23ClN4O3. The number of carbonyl (C=O) groups is 1. The van der Waals surface area contributed by atoms with Gasteiger partial charge in [0.15, 0.2) is 5.82 Å². The van der Waals surface area contributed by atoms with Crippen LogP contribution in [0.25, 0.3) is 17.1 Å². The van der Waals surface area contributed by atoms with E-state index in [2.05, 4.69) is 15.4 Å². The van der Waals surface area contributed by atoms with Gasteiger partial charge in [-0.05, 0) is 43.7 Å². The zero-order valence-corrected chi connectivity index (χ0v) is 19.5. The first-order valence-electron chi connectivity index (χ1n) is 10.2. The number of aromatic nitrogens is 3. The molecule has 1 heterocycles. The maximum absolute atomic E-state index is 13.1. The molecule has 0 fully saturated rings. The Balaban J connectivity index is 1.79. The number of ether oxygens (including phenoxy) is 2. The lowest BCUT2D eigenvalue weighted by atomic mass is 10.1. The fourth-order valence-corrected chi connectivity index (χ4v) is 3.55. The minimum atomic E-state index is -0.478. The van der Waals surface area contributed by atoms with Gasteiger partial charge in [-0.25, -0.2) is 9.67 Å². The van der Waals surface area contributed by atoms with Crippen LogP contribution >= 0.6 is 11.6 Å². The Kier molecular flexibility index (Phi) is 6.33. The van der Waals surface area contributed by atoms with Gasteiger partial charge in [-0.15, -0.1) is 5.10 Å². The van der Waals surface area contributed by atoms with Crippen molar-refractivity contribution in [1.82, 2.24) is 14.8 Å². The number of halogens is 1. The van der Waals surface area contributed by atoms with E-state index in [4.69, 9.17) is 21.1 Å². The zero-order chi connectivity index (χ0) is 23.5. The molecule has 1 aromatic heterocycles. The lowest BCUT2D eigenvalue weighted by Gasteiger charge is -2.11. The van der Waals surface area contributed by atoms with Gasteiger partial charge >= 0.3 is 0 Å². The van der Waals surface area contributed by atoms with Crippen LogP contribution in [-0.2, 0) is 0 Å². The predicted octanol–water partition coefficient (Wildman–Crippen LogP) is 5.47. The lowest BCUT2D eigenvalue weighted by molar-refractivity contribution is 0.101. The molecule has 0 spiro atoms. The molecule has 168 valence electrons. The van der Waals surface area contributed by atoms with Gasteiger partial charge in [0, 0.05) is 16.7 Å². The molecule has 8 heteroatoms. The van der Waals surface area contributed by atoms with Crippen molar-refractivity contribution in [2.24, 2.45) is 0 Å². The van der Waals surface area contributed by atoms with E-state index in [-0.39, 0.29) is 5.82 Å². The number of methoxy groups -OCH3 is 2. The van der Waals surface area contributed by atoms with Crippen LogP contribution < -0.4 is 14.8 Å². The highest BCUT2D eigenvalue weighted by molar-refractivity contribution is 6.31. The molecule has 4 rings (SSSR count). The molecule has 0 saturated heterocycles. The van der Waals surface area contributed by atoms with Gasteiger partial charge in [-0.3, -0.25) is 4.79 Å². The van der Waals surface area contributed by atoms with Crippen molar-refractivity contribution in [3.05, 3.63) is 82.6 Å². The standard InChI is InChI=1S/C25H23ClN4O3/c1-15-8-10-17(11-9-15)24-28-23(29-30(24)21-7-5-6-19(26)16(21)2)25(31)27-20-14-18(32-3)12-13-22(20)33-4/h5-14H,1-4H3,(H,27,31). The Bertz CT molecular complexity index is 1320. The molecule has 0 aliphatic heterocycles. The Morgan fingerprint density at radius 3 is 2.45 bits per heavy atom. The van der Waals surface area contributed by atoms with Crippen LogP contribution in [0.5, 0.6) is 11.5 Å². The van der Waals surface area contributed by atoms with E-state index in [0.717, 1.165) is 22.4 Å². The van der Waals surface area contributed by atoms with Crippen molar-refractivity contribution < 1.29 is 14.3 Å². The van der Waals surface area contributed by atoms with Crippen LogP contribution in [0, 0.1) is 13.8 Å². The van der Waals surface area contributed by atoms with E-state index in [1.807, 2.05) is 56.3 Å². The summed E-state index contributed by atoms with van der Waals surface area (Å²) >= 11 is 6.35. The summed E-state index contributed by atoms with van der Waals surface area (Å²) in [5.74, 6) is 1.14. The van der Waals surface area contributed by atoms with Crippen molar-refractivity contribution >= 4 is 23.2 Å². The largest absolute Gasteiger partial charge is 0.497 e. The molecule has 0 aliphatic carbocycles. The van der Waals surface area contributed by atoms with Gasteiger partial charge in [0.25, 0.3) is 5.91 Å². The second-order valence-electron chi connectivity index (χ2n) is 7.44. The van der Waals surface area contributed by atoms with E-state index >= 15 is 0 Å². The number of amides is 1. The number of hydrogen-bond acceptors (Lipinski definition) is 5. The highest BCUT2D eigenvalue weighted by Gasteiger charge is 2.21. The third-order valence-corrected chi connectivity index (χ3v) is 5.65. The Labute approximate surface area is 196 Å². The van der Waals surface area contributed by atoms with Crippen molar-refractivity contribution in [3.8, 4) is 28.6 Å². The summed E-state index contributed by atoms with van der Waals surface area (Å²) < 4.78 is 12.3. The molecule has 33 heavy (non-hydrogen) atoms. The molecule has 1 N–H and O–H groups in total. The Morgan fingerprint density at radius 1 is 1.00 bits per heavy atom.